The monoisotopic (exact) mass is 383 g/mol. The number of nitrogens with one attached hydrogen (secondary N) is 2. The molecule has 0 aliphatic carbocycles. The van der Waals surface area contributed by atoms with E-state index in [4.69, 9.17) is 0 Å². The van der Waals surface area contributed by atoms with Crippen molar-refractivity contribution in [3.63, 3.8) is 0 Å². The summed E-state index contributed by atoms with van der Waals surface area (Å²) in [5.74, 6) is 0.242. The molecule has 0 aromatic carbocycles. The minimum Gasteiger partial charge on any atom is -0.345 e. The predicted octanol–water partition coefficient (Wildman–Crippen LogP) is 1.95. The minimum absolute atomic E-state index is 0.0789. The molecule has 0 spiro atoms. The number of rotatable bonds is 4. The Balaban J connectivity index is 1.67. The first kappa shape index (κ1) is 17.0. The van der Waals surface area contributed by atoms with Crippen molar-refractivity contribution in [2.75, 3.05) is 19.4 Å². The number of carbonyl (C=O) groups excluding carboxylic acids is 1. The predicted molar refractivity (Wildman–Crippen MR) is 104 cm³/mol. The molecule has 27 heavy (non-hydrogen) atoms. The van der Waals surface area contributed by atoms with Gasteiger partial charge in [0.2, 0.25) is 5.95 Å². The van der Waals surface area contributed by atoms with E-state index in [1.165, 1.54) is 16.2 Å². The molecule has 9 nitrogen and oxygen atoms in total. The largest absolute Gasteiger partial charge is 0.345 e. The molecule has 0 aliphatic rings. The molecule has 0 saturated heterocycles. The summed E-state index contributed by atoms with van der Waals surface area (Å²) in [7, 11) is 5.22. The molecule has 4 rings (SSSR count). The number of aryl methyl sites for hydroxylation is 1. The maximum absolute atomic E-state index is 12.6. The van der Waals surface area contributed by atoms with Gasteiger partial charge < -0.3 is 14.8 Å². The Labute approximate surface area is 157 Å². The van der Waals surface area contributed by atoms with Gasteiger partial charge in [-0.25, -0.2) is 4.98 Å². The van der Waals surface area contributed by atoms with Crippen LogP contribution in [0.4, 0.5) is 10.9 Å². The molecule has 0 radical (unpaired) electrons. The Morgan fingerprint density at radius 2 is 2.19 bits per heavy atom. The highest BCUT2D eigenvalue weighted by atomic mass is 32.1. The Morgan fingerprint density at radius 1 is 1.37 bits per heavy atom. The number of aromatic nitrogens is 5. The SMILES string of the molecule is CN(C)C(=O)c1csc(Nc2nc3ccn(-c4cnn(C)c4)c3c(=O)[nH]2)c1. The molecule has 0 aliphatic heterocycles. The van der Waals surface area contributed by atoms with Gasteiger partial charge in [0.25, 0.3) is 11.5 Å². The van der Waals surface area contributed by atoms with E-state index in [-0.39, 0.29) is 11.5 Å². The highest BCUT2D eigenvalue weighted by Crippen LogP contribution is 2.24. The van der Waals surface area contributed by atoms with Crippen LogP contribution >= 0.6 is 11.3 Å². The van der Waals surface area contributed by atoms with Crippen LogP contribution in [-0.2, 0) is 7.05 Å². The number of nitrogens with zero attached hydrogens (tertiary/aromatic N) is 5. The third-order valence-corrected chi connectivity index (χ3v) is 4.85. The first-order valence-corrected chi connectivity index (χ1v) is 8.98. The topological polar surface area (TPSA) is 101 Å². The number of amides is 1. The van der Waals surface area contributed by atoms with Gasteiger partial charge in [-0.3, -0.25) is 19.3 Å². The van der Waals surface area contributed by atoms with Gasteiger partial charge >= 0.3 is 0 Å². The van der Waals surface area contributed by atoms with Gasteiger partial charge in [-0.15, -0.1) is 11.3 Å². The number of carbonyl (C=O) groups is 1. The zero-order valence-electron chi connectivity index (χ0n) is 14.9. The average Bonchev–Trinajstić information content (AvgIpc) is 3.33. The van der Waals surface area contributed by atoms with E-state index < -0.39 is 0 Å². The first-order chi connectivity index (χ1) is 12.9. The number of anilines is 2. The standard InChI is InChI=1S/C17H17N7O2S/c1-22(2)16(26)10-6-13(27-9-10)20-17-19-12-4-5-24(14(12)15(25)21-17)11-7-18-23(3)8-11/h4-9H,1-3H3,(H2,19,20,21,25). The van der Waals surface area contributed by atoms with Crippen LogP contribution in [0.5, 0.6) is 0 Å². The molecule has 2 N–H and O–H groups in total. The van der Waals surface area contributed by atoms with Crippen LogP contribution in [0.25, 0.3) is 16.7 Å². The van der Waals surface area contributed by atoms with Crippen LogP contribution < -0.4 is 10.9 Å². The highest BCUT2D eigenvalue weighted by Gasteiger charge is 2.14. The van der Waals surface area contributed by atoms with Crippen LogP contribution in [0.2, 0.25) is 0 Å². The van der Waals surface area contributed by atoms with E-state index in [1.807, 2.05) is 13.2 Å². The zero-order chi connectivity index (χ0) is 19.1. The number of hydrogen-bond acceptors (Lipinski definition) is 6. The van der Waals surface area contributed by atoms with E-state index in [2.05, 4.69) is 20.4 Å². The summed E-state index contributed by atoms with van der Waals surface area (Å²) in [5.41, 5.74) is 2.11. The molecule has 138 valence electrons. The van der Waals surface area contributed by atoms with Crippen molar-refractivity contribution in [3.8, 4) is 5.69 Å². The van der Waals surface area contributed by atoms with Crippen LogP contribution in [0.15, 0.2) is 40.9 Å². The maximum atomic E-state index is 12.6. The number of hydrogen-bond donors (Lipinski definition) is 2. The average molecular weight is 383 g/mol. The second-order valence-electron chi connectivity index (χ2n) is 6.23. The van der Waals surface area contributed by atoms with Gasteiger partial charge in [-0.1, -0.05) is 0 Å². The Bertz CT molecular complexity index is 1200. The summed E-state index contributed by atoms with van der Waals surface area (Å²) in [6.07, 6.45) is 5.28. The van der Waals surface area contributed by atoms with Crippen molar-refractivity contribution in [1.82, 2.24) is 29.2 Å². The molecule has 4 aromatic heterocycles. The lowest BCUT2D eigenvalue weighted by atomic mass is 10.3. The zero-order valence-corrected chi connectivity index (χ0v) is 15.7. The minimum atomic E-state index is -0.266. The first-order valence-electron chi connectivity index (χ1n) is 8.10. The van der Waals surface area contributed by atoms with Crippen molar-refractivity contribution in [1.29, 1.82) is 0 Å². The van der Waals surface area contributed by atoms with Crippen molar-refractivity contribution >= 4 is 39.2 Å². The van der Waals surface area contributed by atoms with E-state index in [0.717, 1.165) is 10.7 Å². The van der Waals surface area contributed by atoms with Gasteiger partial charge in [-0.05, 0) is 12.1 Å². The van der Waals surface area contributed by atoms with Crippen molar-refractivity contribution in [2.24, 2.45) is 7.05 Å². The summed E-state index contributed by atoms with van der Waals surface area (Å²) >= 11 is 1.37. The summed E-state index contributed by atoms with van der Waals surface area (Å²) in [5, 5.41) is 9.67. The Morgan fingerprint density at radius 3 is 2.89 bits per heavy atom. The molecule has 0 saturated carbocycles. The van der Waals surface area contributed by atoms with Crippen LogP contribution in [-0.4, -0.2) is 49.2 Å². The van der Waals surface area contributed by atoms with Gasteiger partial charge in [0.1, 0.15) is 5.52 Å². The Hall–Kier alpha value is -3.40. The third kappa shape index (κ3) is 3.10. The summed E-state index contributed by atoms with van der Waals surface area (Å²) in [6.45, 7) is 0. The van der Waals surface area contributed by atoms with E-state index in [9.17, 15) is 9.59 Å². The summed E-state index contributed by atoms with van der Waals surface area (Å²) in [4.78, 5) is 33.3. The molecule has 0 fully saturated rings. The second kappa shape index (κ2) is 6.40. The number of fused-ring (bicyclic) bond motifs is 1. The number of aromatic amines is 1. The second-order valence-corrected chi connectivity index (χ2v) is 7.14. The fraction of sp³-hybridized carbons (Fsp3) is 0.176. The van der Waals surface area contributed by atoms with Gasteiger partial charge in [0, 0.05) is 38.9 Å². The van der Waals surface area contributed by atoms with Gasteiger partial charge in [0.05, 0.1) is 28.0 Å². The molecule has 4 heterocycles. The lowest BCUT2D eigenvalue weighted by Gasteiger charge is -2.07. The molecular formula is C17H17N7O2S. The fourth-order valence-electron chi connectivity index (χ4n) is 2.75. The van der Waals surface area contributed by atoms with Crippen LogP contribution in [0, 0.1) is 0 Å². The number of thiophene rings is 1. The lowest BCUT2D eigenvalue weighted by molar-refractivity contribution is 0.0828. The normalized spacial score (nSPS) is 11.1. The number of H-pyrrole nitrogens is 1. The van der Waals surface area contributed by atoms with Gasteiger partial charge in [-0.2, -0.15) is 5.10 Å². The van der Waals surface area contributed by atoms with E-state index in [1.54, 1.807) is 53.3 Å². The van der Waals surface area contributed by atoms with Crippen molar-refractivity contribution in [3.05, 3.63) is 52.0 Å². The lowest BCUT2D eigenvalue weighted by Crippen LogP contribution is -2.20. The van der Waals surface area contributed by atoms with E-state index in [0.29, 0.717) is 22.5 Å². The molecule has 0 atom stereocenters. The van der Waals surface area contributed by atoms with Crippen molar-refractivity contribution in [2.45, 2.75) is 0 Å². The molecule has 4 aromatic rings. The van der Waals surface area contributed by atoms with Gasteiger partial charge in [0.15, 0.2) is 0 Å². The summed E-state index contributed by atoms with van der Waals surface area (Å²) in [6, 6.07) is 3.51. The molecular weight excluding hydrogens is 366 g/mol. The van der Waals surface area contributed by atoms with Crippen LogP contribution in [0.3, 0.4) is 0 Å². The smallest absolute Gasteiger partial charge is 0.277 e. The van der Waals surface area contributed by atoms with Crippen molar-refractivity contribution < 1.29 is 4.79 Å². The maximum Gasteiger partial charge on any atom is 0.277 e. The molecule has 0 unspecified atom stereocenters. The quantitative estimate of drug-likeness (QED) is 0.561. The van der Waals surface area contributed by atoms with E-state index >= 15 is 0 Å². The van der Waals surface area contributed by atoms with Crippen LogP contribution in [0.1, 0.15) is 10.4 Å². The molecule has 0 bridgehead atoms. The highest BCUT2D eigenvalue weighted by molar-refractivity contribution is 7.14. The fourth-order valence-corrected chi connectivity index (χ4v) is 3.52. The molecule has 1 amide bonds. The summed E-state index contributed by atoms with van der Waals surface area (Å²) < 4.78 is 3.42. The Kier molecular flexibility index (Phi) is 4.04. The third-order valence-electron chi connectivity index (χ3n) is 4.01. The molecule has 10 heteroatoms.